The van der Waals surface area contributed by atoms with Gasteiger partial charge in [0.05, 0.1) is 19.8 Å². The molecule has 0 fully saturated rings. The van der Waals surface area contributed by atoms with E-state index in [0.29, 0.717) is 19.3 Å². The van der Waals surface area contributed by atoms with E-state index in [4.69, 9.17) is 14.2 Å². The molecule has 1 aromatic rings. The van der Waals surface area contributed by atoms with E-state index in [1.165, 1.54) is 37.5 Å². The van der Waals surface area contributed by atoms with Crippen LogP contribution in [0.4, 0.5) is 0 Å². The fourth-order valence-corrected chi connectivity index (χ4v) is 7.27. The average Bonchev–Trinajstić information content (AvgIpc) is 3.23. The second-order valence-corrected chi connectivity index (χ2v) is 18.6. The minimum atomic E-state index is -0.971. The minimum Gasteiger partial charge on any atom is -0.464 e. The van der Waals surface area contributed by atoms with E-state index in [1.54, 1.807) is 0 Å². The van der Waals surface area contributed by atoms with Gasteiger partial charge in [-0.25, -0.2) is 14.4 Å². The van der Waals surface area contributed by atoms with Crippen LogP contribution < -0.4 is 16.0 Å². The molecule has 12 heteroatoms. The van der Waals surface area contributed by atoms with Crippen LogP contribution in [0.25, 0.3) is 0 Å². The van der Waals surface area contributed by atoms with Crippen LogP contribution in [-0.4, -0.2) is 73.6 Å². The summed E-state index contributed by atoms with van der Waals surface area (Å²) in [5.41, 5.74) is -0.160. The smallest absolute Gasteiger partial charge is 0.328 e. The highest BCUT2D eigenvalue weighted by molar-refractivity contribution is 6.06. The zero-order valence-corrected chi connectivity index (χ0v) is 40.8. The van der Waals surface area contributed by atoms with Crippen LogP contribution in [-0.2, 0) is 28.6 Å². The van der Waals surface area contributed by atoms with Gasteiger partial charge in [-0.1, -0.05) is 159 Å². The largest absolute Gasteiger partial charge is 0.464 e. The lowest BCUT2D eigenvalue weighted by Crippen LogP contribution is -2.44. The molecular weight excluding hydrogens is 799 g/mol. The lowest BCUT2D eigenvalue weighted by Gasteiger charge is -2.22. The molecule has 3 amide bonds. The summed E-state index contributed by atoms with van der Waals surface area (Å²) in [5, 5.41) is 8.40. The van der Waals surface area contributed by atoms with Crippen molar-refractivity contribution in [2.24, 2.45) is 17.8 Å². The molecule has 0 heterocycles. The molecule has 0 saturated carbocycles. The molecule has 0 saturated heterocycles. The van der Waals surface area contributed by atoms with E-state index in [1.807, 2.05) is 41.5 Å². The van der Waals surface area contributed by atoms with Gasteiger partial charge in [0.15, 0.2) is 0 Å². The van der Waals surface area contributed by atoms with Gasteiger partial charge in [0.25, 0.3) is 17.7 Å². The predicted molar refractivity (Wildman–Crippen MR) is 252 cm³/mol. The lowest BCUT2D eigenvalue weighted by molar-refractivity contribution is -0.147. The topological polar surface area (TPSA) is 166 Å². The first-order chi connectivity index (χ1) is 30.1. The SMILES string of the molecule is CCCCCCCCOC(=O)[C@H](CC(C)C)NC(=O)c1cc(C(=O)N[C@@H](CC(C)C)C(=O)OCCCCCCCC)cc(C(=O)N[C@@H](CC(C)C)C(=O)OCCCCCCCC)c1. The summed E-state index contributed by atoms with van der Waals surface area (Å²) in [5.74, 6) is -3.60. The molecule has 0 spiro atoms. The average molecular weight is 886 g/mol. The van der Waals surface area contributed by atoms with Crippen LogP contribution in [0.3, 0.4) is 0 Å². The lowest BCUT2D eigenvalue weighted by atomic mass is 9.99. The molecule has 0 aliphatic rings. The Morgan fingerprint density at radius 3 is 0.825 bits per heavy atom. The quantitative estimate of drug-likeness (QED) is 0.0338. The third kappa shape index (κ3) is 26.4. The highest BCUT2D eigenvalue weighted by atomic mass is 16.5. The second kappa shape index (κ2) is 34.4. The number of esters is 3. The number of amides is 3. The molecule has 1 rings (SSSR count). The van der Waals surface area contributed by atoms with E-state index >= 15 is 0 Å². The van der Waals surface area contributed by atoms with Crippen molar-refractivity contribution in [1.82, 2.24) is 16.0 Å². The monoisotopic (exact) mass is 886 g/mol. The molecule has 0 unspecified atom stereocenters. The Labute approximate surface area is 381 Å². The van der Waals surface area contributed by atoms with E-state index in [9.17, 15) is 28.8 Å². The summed E-state index contributed by atoms with van der Waals surface area (Å²) < 4.78 is 16.8. The molecule has 0 aliphatic heterocycles. The van der Waals surface area contributed by atoms with Crippen molar-refractivity contribution >= 4 is 35.6 Å². The van der Waals surface area contributed by atoms with Crippen molar-refractivity contribution in [1.29, 1.82) is 0 Å². The predicted octanol–water partition coefficient (Wildman–Crippen LogP) is 10.8. The molecule has 0 aromatic heterocycles. The van der Waals surface area contributed by atoms with Gasteiger partial charge in [0.2, 0.25) is 0 Å². The first-order valence-electron chi connectivity index (χ1n) is 24.7. The zero-order chi connectivity index (χ0) is 47.0. The Morgan fingerprint density at radius 2 is 0.603 bits per heavy atom. The fourth-order valence-electron chi connectivity index (χ4n) is 7.27. The van der Waals surface area contributed by atoms with Crippen molar-refractivity contribution < 1.29 is 43.0 Å². The van der Waals surface area contributed by atoms with Gasteiger partial charge in [0, 0.05) is 16.7 Å². The van der Waals surface area contributed by atoms with Crippen LogP contribution in [0.15, 0.2) is 18.2 Å². The van der Waals surface area contributed by atoms with Crippen molar-refractivity contribution in [2.75, 3.05) is 19.8 Å². The molecule has 12 nitrogen and oxygen atoms in total. The van der Waals surface area contributed by atoms with Gasteiger partial charge >= 0.3 is 17.9 Å². The number of unbranched alkanes of at least 4 members (excludes halogenated alkanes) is 15. The van der Waals surface area contributed by atoms with Gasteiger partial charge in [-0.3, -0.25) is 14.4 Å². The maximum absolute atomic E-state index is 14.0. The van der Waals surface area contributed by atoms with Crippen molar-refractivity contribution in [2.45, 2.75) is 215 Å². The first-order valence-corrected chi connectivity index (χ1v) is 24.7. The zero-order valence-electron chi connectivity index (χ0n) is 40.8. The first kappa shape index (κ1) is 57.1. The third-order valence-electron chi connectivity index (χ3n) is 10.8. The normalized spacial score (nSPS) is 12.8. The summed E-state index contributed by atoms with van der Waals surface area (Å²) in [6, 6.07) is 1.10. The van der Waals surface area contributed by atoms with Gasteiger partial charge < -0.3 is 30.2 Å². The number of hydrogen-bond acceptors (Lipinski definition) is 9. The summed E-state index contributed by atoms with van der Waals surface area (Å²) in [6.07, 6.45) is 19.5. The number of ether oxygens (including phenoxy) is 3. The molecule has 360 valence electrons. The van der Waals surface area contributed by atoms with E-state index in [-0.39, 0.29) is 54.3 Å². The van der Waals surface area contributed by atoms with Crippen LogP contribution >= 0.6 is 0 Å². The Bertz CT molecular complexity index is 1290. The van der Waals surface area contributed by atoms with Gasteiger partial charge in [-0.05, 0) is 74.5 Å². The Morgan fingerprint density at radius 1 is 0.381 bits per heavy atom. The van der Waals surface area contributed by atoms with Gasteiger partial charge in [0.1, 0.15) is 18.1 Å². The number of rotatable bonds is 36. The van der Waals surface area contributed by atoms with E-state index < -0.39 is 53.8 Å². The second-order valence-electron chi connectivity index (χ2n) is 18.6. The highest BCUT2D eigenvalue weighted by Crippen LogP contribution is 2.18. The maximum Gasteiger partial charge on any atom is 0.328 e. The maximum atomic E-state index is 14.0. The Balaban J connectivity index is 3.44. The van der Waals surface area contributed by atoms with Crippen molar-refractivity contribution in [3.63, 3.8) is 0 Å². The summed E-state index contributed by atoms with van der Waals surface area (Å²) in [4.78, 5) is 82.1. The van der Waals surface area contributed by atoms with Crippen molar-refractivity contribution in [3.8, 4) is 0 Å². The molecule has 3 atom stereocenters. The van der Waals surface area contributed by atoms with E-state index in [2.05, 4.69) is 36.7 Å². The number of carbonyl (C=O) groups excluding carboxylic acids is 6. The number of carbonyl (C=O) groups is 6. The van der Waals surface area contributed by atoms with Crippen LogP contribution in [0.1, 0.15) is 228 Å². The molecule has 3 N–H and O–H groups in total. The number of hydrogen-bond donors (Lipinski definition) is 3. The van der Waals surface area contributed by atoms with Crippen molar-refractivity contribution in [3.05, 3.63) is 34.9 Å². The number of nitrogens with one attached hydrogen (secondary N) is 3. The Hall–Kier alpha value is -3.96. The molecule has 0 radical (unpaired) electrons. The Kier molecular flexibility index (Phi) is 31.2. The fraction of sp³-hybridized carbons (Fsp3) is 0.765. The molecule has 0 bridgehead atoms. The van der Waals surface area contributed by atoms with Gasteiger partial charge in [-0.2, -0.15) is 0 Å². The summed E-state index contributed by atoms with van der Waals surface area (Å²) >= 11 is 0. The minimum absolute atomic E-state index is 0.0350. The highest BCUT2D eigenvalue weighted by Gasteiger charge is 2.29. The summed E-state index contributed by atoms with van der Waals surface area (Å²) in [6.45, 7) is 18.8. The van der Waals surface area contributed by atoms with Crippen LogP contribution in [0.5, 0.6) is 0 Å². The van der Waals surface area contributed by atoms with Crippen LogP contribution in [0, 0.1) is 17.8 Å². The van der Waals surface area contributed by atoms with E-state index in [0.717, 1.165) is 96.3 Å². The van der Waals surface area contributed by atoms with Gasteiger partial charge in [-0.15, -0.1) is 0 Å². The third-order valence-corrected chi connectivity index (χ3v) is 10.8. The standard InChI is InChI=1S/C51H87N3O9/c1-10-13-16-19-22-25-28-61-49(58)43(31-37(4)5)52-46(55)40-34-41(47(56)53-44(32-38(6)7)50(59)62-29-26-23-20-17-14-11-2)36-42(35-40)48(57)54-45(33-39(8)9)51(60)63-30-27-24-21-18-15-12-3/h34-39,43-45H,10-33H2,1-9H3,(H,52,55)(H,53,56)(H,54,57)/t43-,44-,45-/m0/s1. The molecular formula is C51H87N3O9. The number of benzene rings is 1. The molecule has 63 heavy (non-hydrogen) atoms. The molecule has 0 aliphatic carbocycles. The summed E-state index contributed by atoms with van der Waals surface area (Å²) in [7, 11) is 0. The van der Waals surface area contributed by atoms with Crippen LogP contribution in [0.2, 0.25) is 0 Å². The molecule has 1 aromatic carbocycles.